The molecule has 5 rings (SSSR count). The van der Waals surface area contributed by atoms with E-state index >= 15 is 0 Å². The minimum absolute atomic E-state index is 0.0435. The van der Waals surface area contributed by atoms with E-state index < -0.39 is 5.82 Å². The number of carbonyl (C=O) groups excluding carboxylic acids is 1. The van der Waals surface area contributed by atoms with Gasteiger partial charge in [-0.15, -0.1) is 0 Å². The van der Waals surface area contributed by atoms with Gasteiger partial charge in [-0.1, -0.05) is 18.2 Å². The Hall–Kier alpha value is -3.39. The van der Waals surface area contributed by atoms with Gasteiger partial charge in [0.05, 0.1) is 23.5 Å². The highest BCUT2D eigenvalue weighted by Crippen LogP contribution is 2.27. The summed E-state index contributed by atoms with van der Waals surface area (Å²) in [5, 5.41) is 0. The first-order chi connectivity index (χ1) is 15.6. The normalized spacial score (nSPS) is 18.5. The molecule has 0 spiro atoms. The molecule has 1 unspecified atom stereocenters. The number of pyridine rings is 1. The monoisotopic (exact) mass is 433 g/mol. The van der Waals surface area contributed by atoms with Crippen LogP contribution < -0.4 is 5.56 Å². The van der Waals surface area contributed by atoms with E-state index in [-0.39, 0.29) is 29.5 Å². The van der Waals surface area contributed by atoms with E-state index in [4.69, 9.17) is 4.98 Å². The molecule has 2 aliphatic heterocycles. The van der Waals surface area contributed by atoms with Crippen molar-refractivity contribution < 1.29 is 9.18 Å². The topological polar surface area (TPSA) is 82.2 Å². The van der Waals surface area contributed by atoms with Gasteiger partial charge in [-0.05, 0) is 43.7 Å². The summed E-state index contributed by atoms with van der Waals surface area (Å²) in [7, 11) is 0. The minimum Gasteiger partial charge on any atom is -0.332 e. The quantitative estimate of drug-likeness (QED) is 0.684. The fourth-order valence-electron chi connectivity index (χ4n) is 4.55. The van der Waals surface area contributed by atoms with Crippen molar-refractivity contribution >= 4 is 5.91 Å². The predicted octanol–water partition coefficient (Wildman–Crippen LogP) is 2.49. The number of likely N-dealkylation sites (tertiary alicyclic amines) is 1. The maximum atomic E-state index is 14.1. The van der Waals surface area contributed by atoms with Gasteiger partial charge in [-0.3, -0.25) is 19.5 Å². The summed E-state index contributed by atoms with van der Waals surface area (Å²) >= 11 is 0. The first kappa shape index (κ1) is 20.5. The zero-order chi connectivity index (χ0) is 22.1. The van der Waals surface area contributed by atoms with Crippen LogP contribution in [0.2, 0.25) is 0 Å². The molecule has 1 saturated heterocycles. The fraction of sp³-hybridized carbons (Fsp3) is 0.333. The lowest BCUT2D eigenvalue weighted by molar-refractivity contribution is 0.0726. The van der Waals surface area contributed by atoms with E-state index in [1.165, 1.54) is 12.1 Å². The number of nitrogens with one attached hydrogen (secondary N) is 1. The van der Waals surface area contributed by atoms with E-state index in [1.807, 2.05) is 18.2 Å². The molecule has 1 aromatic carbocycles. The Labute approximate surface area is 184 Å². The number of H-pyrrole nitrogens is 1. The number of carbonyl (C=O) groups is 1. The molecule has 164 valence electrons. The number of fused-ring (bicyclic) bond motifs is 1. The summed E-state index contributed by atoms with van der Waals surface area (Å²) in [4.78, 5) is 41.6. The molecule has 3 aromatic rings. The predicted molar refractivity (Wildman–Crippen MR) is 117 cm³/mol. The summed E-state index contributed by atoms with van der Waals surface area (Å²) in [6.45, 7) is 3.03. The molecule has 32 heavy (non-hydrogen) atoms. The van der Waals surface area contributed by atoms with E-state index in [2.05, 4.69) is 14.9 Å². The van der Waals surface area contributed by atoms with Gasteiger partial charge < -0.3 is 9.88 Å². The number of amides is 1. The largest absolute Gasteiger partial charge is 0.332 e. The number of nitrogens with zero attached hydrogens (tertiary/aromatic N) is 4. The van der Waals surface area contributed by atoms with Gasteiger partial charge in [0, 0.05) is 37.3 Å². The molecule has 0 aliphatic carbocycles. The third-order valence-electron chi connectivity index (χ3n) is 6.25. The minimum atomic E-state index is -0.540. The molecule has 0 saturated carbocycles. The van der Waals surface area contributed by atoms with E-state index in [1.54, 1.807) is 23.2 Å². The Bertz CT molecular complexity index is 1200. The summed E-state index contributed by atoms with van der Waals surface area (Å²) in [5.41, 5.74) is 2.16. The molecule has 0 bridgehead atoms. The average molecular weight is 433 g/mol. The molecule has 1 atom stereocenters. The lowest BCUT2D eigenvalue weighted by Crippen LogP contribution is -2.40. The molecule has 2 aliphatic rings. The van der Waals surface area contributed by atoms with Gasteiger partial charge in [0.2, 0.25) is 0 Å². The highest BCUT2D eigenvalue weighted by atomic mass is 19.1. The van der Waals surface area contributed by atoms with E-state index in [9.17, 15) is 14.0 Å². The molecule has 7 nitrogen and oxygen atoms in total. The zero-order valence-corrected chi connectivity index (χ0v) is 17.6. The van der Waals surface area contributed by atoms with Crippen LogP contribution in [0, 0.1) is 5.82 Å². The number of hydrogen-bond donors (Lipinski definition) is 1. The van der Waals surface area contributed by atoms with Gasteiger partial charge in [-0.2, -0.15) is 0 Å². The van der Waals surface area contributed by atoms with Gasteiger partial charge >= 0.3 is 0 Å². The van der Waals surface area contributed by atoms with Crippen LogP contribution in [0.1, 0.15) is 45.5 Å². The lowest BCUT2D eigenvalue weighted by atomic mass is 10.0. The Morgan fingerprint density at radius 1 is 1.16 bits per heavy atom. The van der Waals surface area contributed by atoms with Crippen LogP contribution >= 0.6 is 0 Å². The molecular weight excluding hydrogens is 409 g/mol. The second kappa shape index (κ2) is 8.63. The number of hydrogen-bond acceptors (Lipinski definition) is 5. The van der Waals surface area contributed by atoms with Crippen molar-refractivity contribution in [3.8, 4) is 0 Å². The maximum Gasteiger partial charge on any atom is 0.257 e. The number of aromatic amines is 1. The van der Waals surface area contributed by atoms with Crippen LogP contribution in [0.5, 0.6) is 0 Å². The number of rotatable bonds is 4. The highest BCUT2D eigenvalue weighted by molar-refractivity contribution is 5.94. The molecule has 0 radical (unpaired) electrons. The third-order valence-corrected chi connectivity index (χ3v) is 6.25. The van der Waals surface area contributed by atoms with Gasteiger partial charge in [0.25, 0.3) is 11.5 Å². The molecule has 4 heterocycles. The summed E-state index contributed by atoms with van der Waals surface area (Å²) in [6, 6.07) is 11.9. The third kappa shape index (κ3) is 4.05. The number of benzene rings is 1. The van der Waals surface area contributed by atoms with Crippen LogP contribution in [0.25, 0.3) is 0 Å². The van der Waals surface area contributed by atoms with Crippen molar-refractivity contribution in [1.29, 1.82) is 0 Å². The number of halogens is 1. The SMILES string of the molecule is O=C(c1ccccc1F)N1CCc2c(nc(C3CCN(Cc4ccccn4)C3)[nH]c2=O)C1. The van der Waals surface area contributed by atoms with Crippen molar-refractivity contribution in [3.63, 3.8) is 0 Å². The Morgan fingerprint density at radius 3 is 2.81 bits per heavy atom. The first-order valence-electron chi connectivity index (χ1n) is 10.9. The standard InChI is InChI=1S/C24H24FN5O2/c25-20-7-2-1-6-18(20)24(32)30-12-9-19-21(15-30)27-22(28-23(19)31)16-8-11-29(13-16)14-17-5-3-4-10-26-17/h1-7,10,16H,8-9,11-15H2,(H,27,28,31). The van der Waals surface area contributed by atoms with Crippen LogP contribution in [0.15, 0.2) is 53.5 Å². The maximum absolute atomic E-state index is 14.1. The van der Waals surface area contributed by atoms with Crippen molar-refractivity contribution in [1.82, 2.24) is 24.8 Å². The lowest BCUT2D eigenvalue weighted by Gasteiger charge is -2.28. The van der Waals surface area contributed by atoms with Gasteiger partial charge in [0.1, 0.15) is 11.6 Å². The van der Waals surface area contributed by atoms with Crippen molar-refractivity contribution in [2.24, 2.45) is 0 Å². The van der Waals surface area contributed by atoms with Gasteiger partial charge in [0.15, 0.2) is 0 Å². The Morgan fingerprint density at radius 2 is 2.00 bits per heavy atom. The average Bonchev–Trinajstić information content (AvgIpc) is 3.28. The fourth-order valence-corrected chi connectivity index (χ4v) is 4.55. The van der Waals surface area contributed by atoms with E-state index in [0.29, 0.717) is 30.0 Å². The molecule has 1 N–H and O–H groups in total. The Kier molecular flexibility index (Phi) is 5.53. The Balaban J connectivity index is 1.33. The summed E-state index contributed by atoms with van der Waals surface area (Å²) < 4.78 is 14.1. The summed E-state index contributed by atoms with van der Waals surface area (Å²) in [6.07, 6.45) is 3.10. The van der Waals surface area contributed by atoms with Crippen LogP contribution in [0.4, 0.5) is 4.39 Å². The van der Waals surface area contributed by atoms with Crippen molar-refractivity contribution in [2.45, 2.75) is 31.8 Å². The number of aromatic nitrogens is 3. The van der Waals surface area contributed by atoms with Crippen LogP contribution in [-0.4, -0.2) is 50.3 Å². The molecule has 1 fully saturated rings. The second-order valence-corrected chi connectivity index (χ2v) is 8.37. The molecule has 8 heteroatoms. The molecular formula is C24H24FN5O2. The van der Waals surface area contributed by atoms with Crippen molar-refractivity contribution in [3.05, 3.63) is 93.2 Å². The molecule has 2 aromatic heterocycles. The zero-order valence-electron chi connectivity index (χ0n) is 17.6. The second-order valence-electron chi connectivity index (χ2n) is 8.37. The van der Waals surface area contributed by atoms with Crippen molar-refractivity contribution in [2.75, 3.05) is 19.6 Å². The van der Waals surface area contributed by atoms with E-state index in [0.717, 1.165) is 31.7 Å². The smallest absolute Gasteiger partial charge is 0.257 e. The summed E-state index contributed by atoms with van der Waals surface area (Å²) in [5.74, 6) is -0.131. The van der Waals surface area contributed by atoms with Crippen LogP contribution in [-0.2, 0) is 19.5 Å². The molecule has 1 amide bonds. The highest BCUT2D eigenvalue weighted by Gasteiger charge is 2.30. The van der Waals surface area contributed by atoms with Gasteiger partial charge in [-0.25, -0.2) is 9.37 Å². The van der Waals surface area contributed by atoms with Crippen LogP contribution in [0.3, 0.4) is 0 Å². The first-order valence-corrected chi connectivity index (χ1v) is 10.9.